The lowest BCUT2D eigenvalue weighted by atomic mass is 10.1. The molecular formula is C12H20N2O2. The maximum atomic E-state index is 5.66. The molecule has 0 bridgehead atoms. The molecule has 1 aromatic rings. The molecule has 0 aliphatic carbocycles. The van der Waals surface area contributed by atoms with Crippen molar-refractivity contribution < 1.29 is 9.15 Å². The van der Waals surface area contributed by atoms with Crippen molar-refractivity contribution in [3.05, 3.63) is 17.8 Å². The summed E-state index contributed by atoms with van der Waals surface area (Å²) in [6.45, 7) is 1.82. The van der Waals surface area contributed by atoms with Crippen molar-refractivity contribution in [3.63, 3.8) is 0 Å². The van der Waals surface area contributed by atoms with Crippen molar-refractivity contribution in [1.82, 2.24) is 10.3 Å². The zero-order valence-electron chi connectivity index (χ0n) is 9.87. The van der Waals surface area contributed by atoms with Crippen LogP contribution in [0.5, 0.6) is 0 Å². The second-order valence-corrected chi connectivity index (χ2v) is 4.28. The fraction of sp³-hybridized carbons (Fsp3) is 0.750. The van der Waals surface area contributed by atoms with E-state index < -0.39 is 0 Å². The molecular weight excluding hydrogens is 204 g/mol. The van der Waals surface area contributed by atoms with Gasteiger partial charge in [-0.1, -0.05) is 0 Å². The standard InChI is InChI=1S/C12H20N2O2/c1-13-6-5-10-9-16-12(14-10)8-11-4-2-3-7-15-11/h9,11,13H,2-8H2,1H3. The van der Waals surface area contributed by atoms with Gasteiger partial charge in [-0.15, -0.1) is 0 Å². The number of hydrogen-bond donors (Lipinski definition) is 1. The highest BCUT2D eigenvalue weighted by Gasteiger charge is 2.17. The molecule has 0 amide bonds. The molecule has 2 heterocycles. The Labute approximate surface area is 96.4 Å². The zero-order chi connectivity index (χ0) is 11.2. The molecule has 0 aromatic carbocycles. The SMILES string of the molecule is CNCCc1coc(CC2CCCCO2)n1. The van der Waals surface area contributed by atoms with Crippen LogP contribution in [0.1, 0.15) is 30.8 Å². The Hall–Kier alpha value is -0.870. The van der Waals surface area contributed by atoms with Gasteiger partial charge in [0, 0.05) is 19.6 Å². The molecule has 1 fully saturated rings. The van der Waals surface area contributed by atoms with Gasteiger partial charge >= 0.3 is 0 Å². The van der Waals surface area contributed by atoms with E-state index in [0.29, 0.717) is 6.10 Å². The number of hydrogen-bond acceptors (Lipinski definition) is 4. The van der Waals surface area contributed by atoms with Crippen LogP contribution in [0, 0.1) is 0 Å². The monoisotopic (exact) mass is 224 g/mol. The fourth-order valence-corrected chi connectivity index (χ4v) is 1.97. The first-order valence-corrected chi connectivity index (χ1v) is 6.08. The van der Waals surface area contributed by atoms with Crippen molar-refractivity contribution >= 4 is 0 Å². The first kappa shape index (κ1) is 11.6. The van der Waals surface area contributed by atoms with Crippen molar-refractivity contribution in [3.8, 4) is 0 Å². The van der Waals surface area contributed by atoms with Crippen LogP contribution in [0.3, 0.4) is 0 Å². The summed E-state index contributed by atoms with van der Waals surface area (Å²) in [6.07, 6.45) is 7.40. The molecule has 0 radical (unpaired) electrons. The summed E-state index contributed by atoms with van der Waals surface area (Å²) in [5.41, 5.74) is 1.03. The summed E-state index contributed by atoms with van der Waals surface area (Å²) in [5.74, 6) is 0.818. The molecule has 16 heavy (non-hydrogen) atoms. The molecule has 1 unspecified atom stereocenters. The van der Waals surface area contributed by atoms with Crippen LogP contribution in [-0.2, 0) is 17.6 Å². The molecule has 90 valence electrons. The van der Waals surface area contributed by atoms with Gasteiger partial charge in [-0.25, -0.2) is 4.98 Å². The molecule has 1 aliphatic heterocycles. The first-order valence-electron chi connectivity index (χ1n) is 6.08. The van der Waals surface area contributed by atoms with E-state index in [9.17, 15) is 0 Å². The maximum Gasteiger partial charge on any atom is 0.196 e. The minimum atomic E-state index is 0.310. The predicted octanol–water partition coefficient (Wildman–Crippen LogP) is 1.55. The molecule has 4 heteroatoms. The molecule has 1 saturated heterocycles. The van der Waals surface area contributed by atoms with E-state index in [2.05, 4.69) is 10.3 Å². The van der Waals surface area contributed by atoms with Crippen LogP contribution in [0.15, 0.2) is 10.7 Å². The van der Waals surface area contributed by atoms with Gasteiger partial charge in [-0.2, -0.15) is 0 Å². The van der Waals surface area contributed by atoms with Gasteiger partial charge in [-0.05, 0) is 26.3 Å². The highest BCUT2D eigenvalue weighted by molar-refractivity contribution is 4.98. The summed E-state index contributed by atoms with van der Waals surface area (Å²) in [4.78, 5) is 4.46. The minimum absolute atomic E-state index is 0.310. The minimum Gasteiger partial charge on any atom is -0.449 e. The highest BCUT2D eigenvalue weighted by atomic mass is 16.5. The summed E-state index contributed by atoms with van der Waals surface area (Å²) in [5, 5.41) is 3.10. The second kappa shape index (κ2) is 6.01. The van der Waals surface area contributed by atoms with Crippen LogP contribution in [0.4, 0.5) is 0 Å². The van der Waals surface area contributed by atoms with Crippen molar-refractivity contribution in [2.75, 3.05) is 20.2 Å². The van der Waals surface area contributed by atoms with Gasteiger partial charge in [-0.3, -0.25) is 0 Å². The molecule has 1 atom stereocenters. The Morgan fingerprint density at radius 1 is 1.50 bits per heavy atom. The normalized spacial score (nSPS) is 21.2. The van der Waals surface area contributed by atoms with Gasteiger partial charge < -0.3 is 14.5 Å². The number of likely N-dealkylation sites (N-methyl/N-ethyl adjacent to an activating group) is 1. The molecule has 1 aromatic heterocycles. The number of rotatable bonds is 5. The first-order chi connectivity index (χ1) is 7.88. The van der Waals surface area contributed by atoms with Gasteiger partial charge in [0.2, 0.25) is 0 Å². The number of ether oxygens (including phenoxy) is 1. The lowest BCUT2D eigenvalue weighted by Gasteiger charge is -2.20. The molecule has 0 spiro atoms. The third-order valence-corrected chi connectivity index (χ3v) is 2.91. The zero-order valence-corrected chi connectivity index (χ0v) is 9.87. The largest absolute Gasteiger partial charge is 0.449 e. The van der Waals surface area contributed by atoms with E-state index >= 15 is 0 Å². The Morgan fingerprint density at radius 3 is 3.19 bits per heavy atom. The Bertz CT molecular complexity index is 306. The summed E-state index contributed by atoms with van der Waals surface area (Å²) in [7, 11) is 1.94. The van der Waals surface area contributed by atoms with E-state index in [-0.39, 0.29) is 0 Å². The topological polar surface area (TPSA) is 47.3 Å². The highest BCUT2D eigenvalue weighted by Crippen LogP contribution is 2.17. The average molecular weight is 224 g/mol. The van der Waals surface area contributed by atoms with Crippen LogP contribution >= 0.6 is 0 Å². The molecule has 4 nitrogen and oxygen atoms in total. The van der Waals surface area contributed by atoms with Crippen LogP contribution in [-0.4, -0.2) is 31.3 Å². The average Bonchev–Trinajstić information content (AvgIpc) is 2.75. The van der Waals surface area contributed by atoms with E-state index in [1.807, 2.05) is 7.05 Å². The third kappa shape index (κ3) is 3.32. The molecule has 1 N–H and O–H groups in total. The second-order valence-electron chi connectivity index (χ2n) is 4.28. The summed E-state index contributed by atoms with van der Waals surface area (Å²) in [6, 6.07) is 0. The van der Waals surface area contributed by atoms with Gasteiger partial charge in [0.05, 0.1) is 18.2 Å². The van der Waals surface area contributed by atoms with Gasteiger partial charge in [0.25, 0.3) is 0 Å². The van der Waals surface area contributed by atoms with E-state index in [0.717, 1.165) is 44.0 Å². The molecule has 2 rings (SSSR count). The quantitative estimate of drug-likeness (QED) is 0.824. The lowest BCUT2D eigenvalue weighted by Crippen LogP contribution is -2.21. The number of nitrogens with one attached hydrogen (secondary N) is 1. The van der Waals surface area contributed by atoms with Crippen molar-refractivity contribution in [2.45, 2.75) is 38.2 Å². The smallest absolute Gasteiger partial charge is 0.196 e. The van der Waals surface area contributed by atoms with Crippen molar-refractivity contribution in [2.24, 2.45) is 0 Å². The van der Waals surface area contributed by atoms with E-state index in [1.54, 1.807) is 6.26 Å². The Balaban J connectivity index is 1.81. The van der Waals surface area contributed by atoms with Crippen LogP contribution < -0.4 is 5.32 Å². The Morgan fingerprint density at radius 2 is 2.44 bits per heavy atom. The number of oxazole rings is 1. The number of nitrogens with zero attached hydrogens (tertiary/aromatic N) is 1. The summed E-state index contributed by atoms with van der Waals surface area (Å²) < 4.78 is 11.1. The maximum absolute atomic E-state index is 5.66. The number of aromatic nitrogens is 1. The van der Waals surface area contributed by atoms with Crippen LogP contribution in [0.25, 0.3) is 0 Å². The van der Waals surface area contributed by atoms with E-state index in [4.69, 9.17) is 9.15 Å². The predicted molar refractivity (Wildman–Crippen MR) is 61.4 cm³/mol. The third-order valence-electron chi connectivity index (χ3n) is 2.91. The van der Waals surface area contributed by atoms with Gasteiger partial charge in [0.15, 0.2) is 5.89 Å². The van der Waals surface area contributed by atoms with Crippen molar-refractivity contribution in [1.29, 1.82) is 0 Å². The molecule has 0 saturated carbocycles. The van der Waals surface area contributed by atoms with E-state index in [1.165, 1.54) is 12.8 Å². The lowest BCUT2D eigenvalue weighted by molar-refractivity contribution is 0.0132. The Kier molecular flexibility index (Phi) is 4.36. The fourth-order valence-electron chi connectivity index (χ4n) is 1.97. The molecule has 1 aliphatic rings. The van der Waals surface area contributed by atoms with Crippen LogP contribution in [0.2, 0.25) is 0 Å². The van der Waals surface area contributed by atoms with Gasteiger partial charge in [0.1, 0.15) is 6.26 Å². The summed E-state index contributed by atoms with van der Waals surface area (Å²) >= 11 is 0.